The van der Waals surface area contributed by atoms with Crippen LogP contribution >= 0.6 is 23.2 Å². The van der Waals surface area contributed by atoms with E-state index in [0.29, 0.717) is 0 Å². The third kappa shape index (κ3) is 4.50. The first kappa shape index (κ1) is 17.0. The van der Waals surface area contributed by atoms with Gasteiger partial charge in [-0.3, -0.25) is 4.79 Å². The molecule has 0 radical (unpaired) electrons. The van der Waals surface area contributed by atoms with Gasteiger partial charge >= 0.3 is 0 Å². The number of amides is 1. The Labute approximate surface area is 126 Å². The number of primary amides is 1. The molecular weight excluding hydrogens is 329 g/mol. The first-order valence-corrected chi connectivity index (χ1v) is 7.59. The van der Waals surface area contributed by atoms with Crippen molar-refractivity contribution in [2.45, 2.75) is 4.90 Å². The van der Waals surface area contributed by atoms with Gasteiger partial charge in [-0.2, -0.15) is 0 Å². The Morgan fingerprint density at radius 1 is 1.35 bits per heavy atom. The van der Waals surface area contributed by atoms with Crippen molar-refractivity contribution in [1.29, 1.82) is 0 Å². The predicted molar refractivity (Wildman–Crippen MR) is 76.1 cm³/mol. The van der Waals surface area contributed by atoms with Crippen molar-refractivity contribution in [2.24, 2.45) is 5.73 Å². The lowest BCUT2D eigenvalue weighted by Gasteiger charge is -2.10. The molecule has 0 atom stereocenters. The van der Waals surface area contributed by atoms with Crippen molar-refractivity contribution < 1.29 is 17.9 Å². The van der Waals surface area contributed by atoms with Gasteiger partial charge < -0.3 is 16.2 Å². The molecule has 1 rings (SSSR count). The van der Waals surface area contributed by atoms with E-state index in [9.17, 15) is 13.2 Å². The van der Waals surface area contributed by atoms with Crippen molar-refractivity contribution in [2.75, 3.05) is 25.5 Å². The fourth-order valence-corrected chi connectivity index (χ4v) is 3.03. The summed E-state index contributed by atoms with van der Waals surface area (Å²) in [7, 11) is -3.85. The van der Waals surface area contributed by atoms with Gasteiger partial charge in [-0.1, -0.05) is 23.2 Å². The second-order valence-electron chi connectivity index (χ2n) is 3.69. The van der Waals surface area contributed by atoms with Gasteiger partial charge in [0.2, 0.25) is 15.9 Å². The van der Waals surface area contributed by atoms with Gasteiger partial charge in [-0.15, -0.1) is 0 Å². The SMILES string of the molecule is NC(=O)COCCNS(=O)(=O)c1ccc(Cl)c(N)c1Cl. The predicted octanol–water partition coefficient (Wildman–Crippen LogP) is 0.356. The smallest absolute Gasteiger partial charge is 0.243 e. The van der Waals surface area contributed by atoms with E-state index in [1.54, 1.807) is 0 Å². The summed E-state index contributed by atoms with van der Waals surface area (Å²) in [6, 6.07) is 2.58. The molecule has 1 aromatic rings. The molecule has 0 aliphatic rings. The maximum atomic E-state index is 12.0. The van der Waals surface area contributed by atoms with Crippen molar-refractivity contribution in [3.8, 4) is 0 Å². The number of rotatable bonds is 7. The van der Waals surface area contributed by atoms with Crippen molar-refractivity contribution in [3.05, 3.63) is 22.2 Å². The molecule has 1 amide bonds. The molecule has 0 aliphatic carbocycles. The fraction of sp³-hybridized carbons (Fsp3) is 0.300. The highest BCUT2D eigenvalue weighted by Gasteiger charge is 2.20. The summed E-state index contributed by atoms with van der Waals surface area (Å²) in [5.74, 6) is -0.638. The molecule has 1 aromatic carbocycles. The summed E-state index contributed by atoms with van der Waals surface area (Å²) >= 11 is 11.6. The monoisotopic (exact) mass is 341 g/mol. The largest absolute Gasteiger partial charge is 0.396 e. The van der Waals surface area contributed by atoms with E-state index in [-0.39, 0.29) is 40.4 Å². The number of hydrogen-bond acceptors (Lipinski definition) is 5. The van der Waals surface area contributed by atoms with E-state index in [1.165, 1.54) is 12.1 Å². The zero-order chi connectivity index (χ0) is 15.3. The Morgan fingerprint density at radius 2 is 2.00 bits per heavy atom. The van der Waals surface area contributed by atoms with E-state index < -0.39 is 15.9 Å². The lowest BCUT2D eigenvalue weighted by Crippen LogP contribution is -2.29. The van der Waals surface area contributed by atoms with Gasteiger partial charge in [-0.25, -0.2) is 13.1 Å². The first-order chi connectivity index (χ1) is 9.25. The Balaban J connectivity index is 2.70. The van der Waals surface area contributed by atoms with Crippen LogP contribution in [-0.4, -0.2) is 34.1 Å². The molecule has 0 heterocycles. The average Bonchev–Trinajstić information content (AvgIpc) is 2.34. The van der Waals surface area contributed by atoms with Crippen LogP contribution in [0, 0.1) is 0 Å². The lowest BCUT2D eigenvalue weighted by molar-refractivity contribution is -0.122. The zero-order valence-corrected chi connectivity index (χ0v) is 12.6. The number of nitrogens with two attached hydrogens (primary N) is 2. The number of anilines is 1. The molecule has 0 aromatic heterocycles. The molecular formula is C10H13Cl2N3O4S. The van der Waals surface area contributed by atoms with Crippen LogP contribution in [0.3, 0.4) is 0 Å². The standard InChI is InChI=1S/C10H13Cl2N3O4S/c11-6-1-2-7(9(12)10(6)14)20(17,18)15-3-4-19-5-8(13)16/h1-2,15H,3-5,14H2,(H2,13,16). The molecule has 0 fully saturated rings. The molecule has 7 nitrogen and oxygen atoms in total. The minimum Gasteiger partial charge on any atom is -0.396 e. The Kier molecular flexibility index (Phi) is 6.03. The van der Waals surface area contributed by atoms with Crippen molar-refractivity contribution >= 4 is 44.8 Å². The van der Waals surface area contributed by atoms with Crippen LogP contribution in [0.1, 0.15) is 0 Å². The molecule has 0 aliphatic heterocycles. The summed E-state index contributed by atoms with van der Waals surface area (Å²) in [4.78, 5) is 10.2. The number of nitrogen functional groups attached to an aromatic ring is 1. The van der Waals surface area contributed by atoms with E-state index >= 15 is 0 Å². The molecule has 0 saturated carbocycles. The van der Waals surface area contributed by atoms with E-state index in [4.69, 9.17) is 39.4 Å². The normalized spacial score (nSPS) is 11.5. The van der Waals surface area contributed by atoms with Gasteiger partial charge in [0.1, 0.15) is 11.5 Å². The maximum Gasteiger partial charge on any atom is 0.243 e. The minimum atomic E-state index is -3.85. The van der Waals surface area contributed by atoms with Crippen LogP contribution in [0.4, 0.5) is 5.69 Å². The summed E-state index contributed by atoms with van der Waals surface area (Å²) in [5, 5.41) is 0.0156. The summed E-state index contributed by atoms with van der Waals surface area (Å²) in [5.41, 5.74) is 10.4. The molecule has 0 unspecified atom stereocenters. The molecule has 10 heteroatoms. The lowest BCUT2D eigenvalue weighted by atomic mass is 10.3. The van der Waals surface area contributed by atoms with Crippen LogP contribution in [0.25, 0.3) is 0 Å². The number of halogens is 2. The van der Waals surface area contributed by atoms with Crippen molar-refractivity contribution in [3.63, 3.8) is 0 Å². The summed E-state index contributed by atoms with van der Waals surface area (Å²) < 4.78 is 31.0. The fourth-order valence-electron chi connectivity index (χ4n) is 1.26. The molecule has 20 heavy (non-hydrogen) atoms. The molecule has 5 N–H and O–H groups in total. The minimum absolute atomic E-state index is 0.0111. The first-order valence-electron chi connectivity index (χ1n) is 5.35. The Hall–Kier alpha value is -1.06. The second-order valence-corrected chi connectivity index (χ2v) is 6.21. The van der Waals surface area contributed by atoms with Gasteiger partial charge in [-0.05, 0) is 12.1 Å². The number of carbonyl (C=O) groups excluding carboxylic acids is 1. The Bertz CT molecular complexity index is 607. The molecule has 0 bridgehead atoms. The number of hydrogen-bond donors (Lipinski definition) is 3. The maximum absolute atomic E-state index is 12.0. The highest BCUT2D eigenvalue weighted by atomic mass is 35.5. The van der Waals surface area contributed by atoms with E-state index in [2.05, 4.69) is 4.72 Å². The van der Waals surface area contributed by atoms with Crippen LogP contribution < -0.4 is 16.2 Å². The van der Waals surface area contributed by atoms with E-state index in [0.717, 1.165) is 0 Å². The molecule has 0 saturated heterocycles. The highest BCUT2D eigenvalue weighted by Crippen LogP contribution is 2.32. The van der Waals surface area contributed by atoms with Gasteiger partial charge in [0.25, 0.3) is 0 Å². The average molecular weight is 342 g/mol. The van der Waals surface area contributed by atoms with Crippen LogP contribution in [0.5, 0.6) is 0 Å². The number of sulfonamides is 1. The van der Waals surface area contributed by atoms with Gasteiger partial charge in [0, 0.05) is 6.54 Å². The molecule has 0 spiro atoms. The third-order valence-electron chi connectivity index (χ3n) is 2.16. The van der Waals surface area contributed by atoms with Crippen molar-refractivity contribution in [1.82, 2.24) is 4.72 Å². The number of nitrogens with one attached hydrogen (secondary N) is 1. The quantitative estimate of drug-likeness (QED) is 0.487. The number of ether oxygens (including phenoxy) is 1. The number of carbonyl (C=O) groups is 1. The second kappa shape index (κ2) is 7.09. The zero-order valence-electron chi connectivity index (χ0n) is 10.2. The third-order valence-corrected chi connectivity index (χ3v) is 4.52. The Morgan fingerprint density at radius 3 is 2.60 bits per heavy atom. The summed E-state index contributed by atoms with van der Waals surface area (Å²) in [6.07, 6.45) is 0. The van der Waals surface area contributed by atoms with E-state index in [1.807, 2.05) is 0 Å². The number of benzene rings is 1. The van der Waals surface area contributed by atoms with Gasteiger partial charge in [0.15, 0.2) is 0 Å². The highest BCUT2D eigenvalue weighted by molar-refractivity contribution is 7.89. The van der Waals surface area contributed by atoms with Crippen LogP contribution in [0.15, 0.2) is 17.0 Å². The molecule has 112 valence electrons. The van der Waals surface area contributed by atoms with Crippen LogP contribution in [-0.2, 0) is 19.6 Å². The van der Waals surface area contributed by atoms with Gasteiger partial charge in [0.05, 0.1) is 22.3 Å². The van der Waals surface area contributed by atoms with Crippen LogP contribution in [0.2, 0.25) is 10.0 Å². The summed E-state index contributed by atoms with van der Waals surface area (Å²) in [6.45, 7) is -0.340. The topological polar surface area (TPSA) is 125 Å².